The van der Waals surface area contributed by atoms with Gasteiger partial charge in [-0.1, -0.05) is 24.3 Å². The lowest BCUT2D eigenvalue weighted by atomic mass is 10.1. The fraction of sp³-hybridized carbons (Fsp3) is 0.167. The van der Waals surface area contributed by atoms with Crippen LogP contribution in [0, 0.1) is 0 Å². The van der Waals surface area contributed by atoms with Crippen molar-refractivity contribution < 1.29 is 14.6 Å². The van der Waals surface area contributed by atoms with E-state index in [-0.39, 0.29) is 0 Å². The maximum Gasteiger partial charge on any atom is 0.341 e. The van der Waals surface area contributed by atoms with Crippen LogP contribution in [-0.4, -0.2) is 23.2 Å². The molecule has 2 aromatic rings. The van der Waals surface area contributed by atoms with Crippen LogP contribution < -0.4 is 0 Å². The van der Waals surface area contributed by atoms with Crippen molar-refractivity contribution in [3.63, 3.8) is 0 Å². The maximum atomic E-state index is 11.1. The summed E-state index contributed by atoms with van der Waals surface area (Å²) in [6, 6.07) is 10.9. The fourth-order valence-electron chi connectivity index (χ4n) is 1.47. The first kappa shape index (κ1) is 10.6. The van der Waals surface area contributed by atoms with Crippen molar-refractivity contribution in [2.45, 2.75) is 6.10 Å². The number of carbonyl (C=O) groups excluding carboxylic acids is 1. The zero-order valence-corrected chi connectivity index (χ0v) is 8.75. The number of para-hydroxylation sites is 1. The van der Waals surface area contributed by atoms with Crippen molar-refractivity contribution >= 4 is 16.9 Å². The smallest absolute Gasteiger partial charge is 0.341 e. The van der Waals surface area contributed by atoms with E-state index >= 15 is 0 Å². The van der Waals surface area contributed by atoms with E-state index in [0.29, 0.717) is 5.69 Å². The average Bonchev–Trinajstić information content (AvgIpc) is 2.36. The van der Waals surface area contributed by atoms with Gasteiger partial charge in [0.15, 0.2) is 6.10 Å². The van der Waals surface area contributed by atoms with Crippen LogP contribution in [0.3, 0.4) is 0 Å². The van der Waals surface area contributed by atoms with Gasteiger partial charge in [0.2, 0.25) is 0 Å². The number of fused-ring (bicyclic) bond motifs is 1. The fourth-order valence-corrected chi connectivity index (χ4v) is 1.47. The van der Waals surface area contributed by atoms with E-state index < -0.39 is 12.1 Å². The molecule has 0 spiro atoms. The highest BCUT2D eigenvalue weighted by Gasteiger charge is 2.19. The first-order valence-electron chi connectivity index (χ1n) is 4.84. The molecular weight excluding hydrogens is 206 g/mol. The number of carbonyl (C=O) groups is 1. The first-order chi connectivity index (χ1) is 7.72. The summed E-state index contributed by atoms with van der Waals surface area (Å²) in [5.41, 5.74) is 1.04. The van der Waals surface area contributed by atoms with Crippen LogP contribution in [-0.2, 0) is 9.53 Å². The lowest BCUT2D eigenvalue weighted by Gasteiger charge is -2.08. The standard InChI is InChI=1S/C12H11NO3/c1-16-12(15)11(14)10-7-6-8-4-2-3-5-9(8)13-10/h2-7,11,14H,1H3. The molecule has 4 nitrogen and oxygen atoms in total. The largest absolute Gasteiger partial charge is 0.467 e. The molecule has 0 aliphatic rings. The lowest BCUT2D eigenvalue weighted by molar-refractivity contribution is -0.150. The van der Waals surface area contributed by atoms with E-state index in [4.69, 9.17) is 0 Å². The highest BCUT2D eigenvalue weighted by atomic mass is 16.5. The normalized spacial score (nSPS) is 12.4. The van der Waals surface area contributed by atoms with E-state index in [1.165, 1.54) is 7.11 Å². The van der Waals surface area contributed by atoms with Gasteiger partial charge in [-0.05, 0) is 12.1 Å². The minimum atomic E-state index is -1.32. The van der Waals surface area contributed by atoms with Crippen LogP contribution in [0.4, 0.5) is 0 Å². The molecule has 4 heteroatoms. The summed E-state index contributed by atoms with van der Waals surface area (Å²) in [6.07, 6.45) is -1.32. The summed E-state index contributed by atoms with van der Waals surface area (Å²) in [5, 5.41) is 10.6. The average molecular weight is 217 g/mol. The minimum absolute atomic E-state index is 0.297. The number of aliphatic hydroxyl groups excluding tert-OH is 1. The second kappa shape index (κ2) is 4.28. The zero-order valence-electron chi connectivity index (χ0n) is 8.75. The lowest BCUT2D eigenvalue weighted by Crippen LogP contribution is -2.14. The molecule has 1 N–H and O–H groups in total. The Morgan fingerprint density at radius 3 is 2.81 bits per heavy atom. The van der Waals surface area contributed by atoms with Gasteiger partial charge >= 0.3 is 5.97 Å². The van der Waals surface area contributed by atoms with Gasteiger partial charge < -0.3 is 9.84 Å². The van der Waals surface area contributed by atoms with Gasteiger partial charge in [-0.25, -0.2) is 9.78 Å². The molecule has 0 fully saturated rings. The number of pyridine rings is 1. The van der Waals surface area contributed by atoms with Crippen LogP contribution in [0.25, 0.3) is 10.9 Å². The Bertz CT molecular complexity index is 524. The number of aromatic nitrogens is 1. The molecule has 0 saturated carbocycles. The molecule has 0 radical (unpaired) electrons. The van der Waals surface area contributed by atoms with Crippen molar-refractivity contribution in [2.24, 2.45) is 0 Å². The summed E-state index contributed by atoms with van der Waals surface area (Å²) in [7, 11) is 1.23. The highest BCUT2D eigenvalue weighted by molar-refractivity contribution is 5.80. The first-order valence-corrected chi connectivity index (χ1v) is 4.84. The third kappa shape index (κ3) is 1.87. The Kier molecular flexibility index (Phi) is 2.83. The third-order valence-corrected chi connectivity index (χ3v) is 2.32. The summed E-state index contributed by atoms with van der Waals surface area (Å²) in [5.74, 6) is -0.706. The number of benzene rings is 1. The Morgan fingerprint density at radius 2 is 2.06 bits per heavy atom. The van der Waals surface area contributed by atoms with Gasteiger partial charge in [-0.3, -0.25) is 0 Å². The van der Waals surface area contributed by atoms with Crippen molar-refractivity contribution in [1.82, 2.24) is 4.98 Å². The monoisotopic (exact) mass is 217 g/mol. The van der Waals surface area contributed by atoms with Crippen molar-refractivity contribution in [2.75, 3.05) is 7.11 Å². The molecule has 0 aliphatic heterocycles. The molecule has 0 amide bonds. The molecule has 0 bridgehead atoms. The number of hydrogen-bond donors (Lipinski definition) is 1. The SMILES string of the molecule is COC(=O)C(O)c1ccc2ccccc2n1. The Balaban J connectivity index is 2.43. The van der Waals surface area contributed by atoms with Crippen LogP contribution in [0.15, 0.2) is 36.4 Å². The predicted octanol–water partition coefficient (Wildman–Crippen LogP) is 1.44. The number of rotatable bonds is 2. The van der Waals surface area contributed by atoms with Crippen LogP contribution in [0.2, 0.25) is 0 Å². The zero-order chi connectivity index (χ0) is 11.5. The van der Waals surface area contributed by atoms with E-state index in [1.807, 2.05) is 30.3 Å². The topological polar surface area (TPSA) is 59.4 Å². The summed E-state index contributed by atoms with van der Waals surface area (Å²) in [4.78, 5) is 15.3. The van der Waals surface area contributed by atoms with Gasteiger partial charge in [-0.15, -0.1) is 0 Å². The molecule has 1 aromatic heterocycles. The molecule has 82 valence electrons. The van der Waals surface area contributed by atoms with Gasteiger partial charge in [0, 0.05) is 5.39 Å². The molecule has 0 aliphatic carbocycles. The van der Waals surface area contributed by atoms with Crippen molar-refractivity contribution in [1.29, 1.82) is 0 Å². The second-order valence-corrected chi connectivity index (χ2v) is 3.35. The molecule has 2 rings (SSSR count). The summed E-state index contributed by atoms with van der Waals surface area (Å²) >= 11 is 0. The van der Waals surface area contributed by atoms with Crippen molar-refractivity contribution in [3.8, 4) is 0 Å². The predicted molar refractivity (Wildman–Crippen MR) is 58.7 cm³/mol. The third-order valence-electron chi connectivity index (χ3n) is 2.32. The van der Waals surface area contributed by atoms with Crippen molar-refractivity contribution in [3.05, 3.63) is 42.1 Å². The highest BCUT2D eigenvalue weighted by Crippen LogP contribution is 2.17. The molecular formula is C12H11NO3. The van der Waals surface area contributed by atoms with Crippen LogP contribution in [0.5, 0.6) is 0 Å². The number of nitrogens with zero attached hydrogens (tertiary/aromatic N) is 1. The maximum absolute atomic E-state index is 11.1. The molecule has 1 aromatic carbocycles. The number of hydrogen-bond acceptors (Lipinski definition) is 4. The summed E-state index contributed by atoms with van der Waals surface area (Å²) in [6.45, 7) is 0. The van der Waals surface area contributed by atoms with Gasteiger partial charge in [-0.2, -0.15) is 0 Å². The van der Waals surface area contributed by atoms with E-state index in [2.05, 4.69) is 9.72 Å². The van der Waals surface area contributed by atoms with Gasteiger partial charge in [0.1, 0.15) is 0 Å². The van der Waals surface area contributed by atoms with E-state index in [1.54, 1.807) is 6.07 Å². The molecule has 0 saturated heterocycles. The molecule has 1 atom stereocenters. The summed E-state index contributed by atoms with van der Waals surface area (Å²) < 4.78 is 4.45. The Hall–Kier alpha value is -1.94. The molecule has 1 unspecified atom stereocenters. The number of esters is 1. The van der Waals surface area contributed by atoms with Gasteiger partial charge in [0.25, 0.3) is 0 Å². The van der Waals surface area contributed by atoms with Crippen LogP contribution in [0.1, 0.15) is 11.8 Å². The Labute approximate surface area is 92.5 Å². The number of methoxy groups -OCH3 is 1. The van der Waals surface area contributed by atoms with E-state index in [0.717, 1.165) is 10.9 Å². The molecule has 16 heavy (non-hydrogen) atoms. The number of aliphatic hydroxyl groups is 1. The van der Waals surface area contributed by atoms with Gasteiger partial charge in [0.05, 0.1) is 18.3 Å². The second-order valence-electron chi connectivity index (χ2n) is 3.35. The minimum Gasteiger partial charge on any atom is -0.467 e. The quantitative estimate of drug-likeness (QED) is 0.773. The van der Waals surface area contributed by atoms with E-state index in [9.17, 15) is 9.90 Å². The molecule has 1 heterocycles. The van der Waals surface area contributed by atoms with Crippen LogP contribution >= 0.6 is 0 Å². The Morgan fingerprint density at radius 1 is 1.31 bits per heavy atom. The number of ether oxygens (including phenoxy) is 1.